The van der Waals surface area contributed by atoms with Crippen molar-refractivity contribution >= 4 is 110 Å². The molecule has 0 radical (unpaired) electrons. The molecule has 4 heteroatoms. The van der Waals surface area contributed by atoms with Gasteiger partial charge in [-0.15, -0.1) is 0 Å². The molecule has 0 saturated heterocycles. The number of benzene rings is 12. The molecule has 2 aliphatic rings. The van der Waals surface area contributed by atoms with Gasteiger partial charge in [-0.2, -0.15) is 0 Å². The van der Waals surface area contributed by atoms with Gasteiger partial charge in [-0.3, -0.25) is 0 Å². The van der Waals surface area contributed by atoms with E-state index in [1.807, 2.05) is 0 Å². The third kappa shape index (κ3) is 8.30. The van der Waals surface area contributed by atoms with Crippen molar-refractivity contribution in [3.63, 3.8) is 0 Å². The molecule has 0 spiro atoms. The van der Waals surface area contributed by atoms with E-state index in [1.165, 1.54) is 192 Å². The molecule has 0 unspecified atom stereocenters. The van der Waals surface area contributed by atoms with Gasteiger partial charge in [0.1, 0.15) is 0 Å². The second-order valence-corrected chi connectivity index (χ2v) is 24.7. The van der Waals surface area contributed by atoms with Crippen molar-refractivity contribution in [3.05, 3.63) is 251 Å². The molecule has 0 saturated carbocycles. The zero-order valence-electron chi connectivity index (χ0n) is 50.3. The van der Waals surface area contributed by atoms with Crippen LogP contribution in [0.4, 0.5) is 34.1 Å². The van der Waals surface area contributed by atoms with Crippen LogP contribution in [0.25, 0.3) is 87.3 Å². The first kappa shape index (κ1) is 52.4. The van der Waals surface area contributed by atoms with E-state index in [2.05, 4.69) is 253 Å². The van der Waals surface area contributed by atoms with Gasteiger partial charge in [0.05, 0.1) is 39.1 Å². The molecule has 0 N–H and O–H groups in total. The Hall–Kier alpha value is -9.12. The van der Waals surface area contributed by atoms with E-state index in [0.717, 1.165) is 64.2 Å². The Morgan fingerprint density at radius 1 is 0.326 bits per heavy atom. The summed E-state index contributed by atoms with van der Waals surface area (Å²) in [7, 11) is 0. The monoisotopic (exact) mass is 1110 g/mol. The van der Waals surface area contributed by atoms with Crippen LogP contribution in [0.1, 0.15) is 111 Å². The molecule has 0 bridgehead atoms. The number of hydrogen-bond acceptors (Lipinski definition) is 2. The number of para-hydroxylation sites is 2. The molecule has 2 heterocycles. The maximum atomic E-state index is 2.73. The number of anilines is 6. The van der Waals surface area contributed by atoms with Crippen LogP contribution in [0.2, 0.25) is 0 Å². The third-order valence-corrected chi connectivity index (χ3v) is 19.8. The largest absolute Gasteiger partial charge is 0.309 e. The van der Waals surface area contributed by atoms with Crippen molar-refractivity contribution < 1.29 is 0 Å². The van der Waals surface area contributed by atoms with E-state index in [-0.39, 0.29) is 0 Å². The molecule has 422 valence electrons. The van der Waals surface area contributed by atoms with Crippen molar-refractivity contribution in [1.29, 1.82) is 0 Å². The predicted molar refractivity (Wildman–Crippen MR) is 368 cm³/mol. The number of rotatable bonds is 14. The molecule has 2 aliphatic carbocycles. The van der Waals surface area contributed by atoms with E-state index < -0.39 is 0 Å². The van der Waals surface area contributed by atoms with Crippen LogP contribution in [-0.4, -0.2) is 9.13 Å². The summed E-state index contributed by atoms with van der Waals surface area (Å²) in [5.41, 5.74) is 26.3. The highest BCUT2D eigenvalue weighted by molar-refractivity contribution is 6.30. The van der Waals surface area contributed by atoms with Gasteiger partial charge in [0.2, 0.25) is 0 Å². The van der Waals surface area contributed by atoms with Gasteiger partial charge in [-0.25, -0.2) is 0 Å². The zero-order chi connectivity index (χ0) is 57.6. The van der Waals surface area contributed by atoms with Crippen molar-refractivity contribution in [1.82, 2.24) is 9.13 Å². The van der Waals surface area contributed by atoms with Crippen LogP contribution in [0, 0.1) is 0 Å². The fraction of sp³-hybridized carbons (Fsp3) is 0.220. The first-order chi connectivity index (χ1) is 42.5. The maximum Gasteiger partial charge on any atom is 0.0562 e. The summed E-state index contributed by atoms with van der Waals surface area (Å²) >= 11 is 0. The molecule has 86 heavy (non-hydrogen) atoms. The second kappa shape index (κ2) is 21.4. The fourth-order valence-electron chi connectivity index (χ4n) is 15.8. The molecule has 0 atom stereocenters. The minimum Gasteiger partial charge on any atom is -0.309 e. The van der Waals surface area contributed by atoms with E-state index in [4.69, 9.17) is 0 Å². The molecule has 12 aromatic carbocycles. The van der Waals surface area contributed by atoms with Crippen LogP contribution in [-0.2, 0) is 51.4 Å². The molecule has 4 nitrogen and oxygen atoms in total. The summed E-state index contributed by atoms with van der Waals surface area (Å²) < 4.78 is 5.04. The zero-order valence-corrected chi connectivity index (χ0v) is 50.3. The van der Waals surface area contributed by atoms with E-state index in [1.54, 1.807) is 0 Å². The first-order valence-electron chi connectivity index (χ1n) is 32.3. The van der Waals surface area contributed by atoms with Gasteiger partial charge in [0.25, 0.3) is 0 Å². The summed E-state index contributed by atoms with van der Waals surface area (Å²) in [6.45, 7) is 9.24. The smallest absolute Gasteiger partial charge is 0.0562 e. The Morgan fingerprint density at radius 2 is 0.791 bits per heavy atom. The average molecular weight is 1120 g/mol. The third-order valence-electron chi connectivity index (χ3n) is 19.8. The Morgan fingerprint density at radius 3 is 1.40 bits per heavy atom. The van der Waals surface area contributed by atoms with Crippen LogP contribution in [0.5, 0.6) is 0 Å². The summed E-state index contributed by atoms with van der Waals surface area (Å²) in [6, 6.07) is 80.6. The lowest BCUT2D eigenvalue weighted by Crippen LogP contribution is -2.17. The van der Waals surface area contributed by atoms with Gasteiger partial charge in [-0.1, -0.05) is 162 Å². The van der Waals surface area contributed by atoms with Crippen LogP contribution in [0.3, 0.4) is 0 Å². The summed E-state index contributed by atoms with van der Waals surface area (Å²) in [4.78, 5) is 5.43. The van der Waals surface area contributed by atoms with Crippen LogP contribution < -0.4 is 9.80 Å². The standard InChI is InChI=1S/C82H74N4/c1-5-22-57-50-77(85(71-38-19-28-55-26-9-11-32-62(55)71)61-42-43-67-66-34-13-15-36-73(66)84(79(67)52-61)60-31-18-25-54(8-4)49-60)69-46-44-65-58(23-6-2)51-78(70-47-45-64(57)80(69)81(65)70)86(72-39-20-29-56-27-10-12-33-63(56)72)76-41-21-40-75-82(76)68-35-14-16-37-74(68)83(75)59-30-17-24-53(7-3)48-59/h13-21,24-25,28-31,34-52H,5-12,22-23,26-27,32-33H2,1-4H3. The molecular formula is C82H74N4. The summed E-state index contributed by atoms with van der Waals surface area (Å²) in [6.07, 6.45) is 15.2. The van der Waals surface area contributed by atoms with Gasteiger partial charge < -0.3 is 18.9 Å². The normalized spacial score (nSPS) is 13.5. The maximum absolute atomic E-state index is 2.73. The van der Waals surface area contributed by atoms with Crippen molar-refractivity contribution in [2.45, 2.75) is 118 Å². The molecule has 0 aliphatic heterocycles. The van der Waals surface area contributed by atoms with Crippen molar-refractivity contribution in [3.8, 4) is 11.4 Å². The van der Waals surface area contributed by atoms with Gasteiger partial charge in [0.15, 0.2) is 0 Å². The highest BCUT2D eigenvalue weighted by Gasteiger charge is 2.30. The average Bonchev–Trinajstić information content (AvgIpc) is 0.961. The minimum atomic E-state index is 0.977. The van der Waals surface area contributed by atoms with Gasteiger partial charge >= 0.3 is 0 Å². The molecular weight excluding hydrogens is 1040 g/mol. The lowest BCUT2D eigenvalue weighted by molar-refractivity contribution is 0.686. The summed E-state index contributed by atoms with van der Waals surface area (Å²) in [5.74, 6) is 0. The summed E-state index contributed by atoms with van der Waals surface area (Å²) in [5, 5.41) is 13.2. The highest BCUT2D eigenvalue weighted by Crippen LogP contribution is 2.53. The van der Waals surface area contributed by atoms with Crippen molar-refractivity contribution in [2.24, 2.45) is 0 Å². The topological polar surface area (TPSA) is 16.3 Å². The van der Waals surface area contributed by atoms with Gasteiger partial charge in [-0.05, 0) is 228 Å². The lowest BCUT2D eigenvalue weighted by Gasteiger charge is -2.34. The quantitative estimate of drug-likeness (QED) is 0.101. The minimum absolute atomic E-state index is 0.977. The molecule has 0 amide bonds. The SMILES string of the molecule is CCCc1cc(N(c2ccc3c4ccccc4n(-c4cccc(CC)c4)c3c2)c2cccc3c2CCCC3)c2ccc3c(CCC)cc(N(c4cccc5c4CCCC5)c4cccc5c4c4ccccc4n5-c4cccc(CC)c4)c4ccc1c2c34. The van der Waals surface area contributed by atoms with E-state index >= 15 is 0 Å². The molecule has 14 aromatic rings. The predicted octanol–water partition coefficient (Wildman–Crippen LogP) is 22.5. The Bertz CT molecular complexity index is 4970. The van der Waals surface area contributed by atoms with Gasteiger partial charge in [0, 0.05) is 60.8 Å². The number of fused-ring (bicyclic) bond motifs is 8. The Labute approximate surface area is 505 Å². The Balaban J connectivity index is 1.01. The number of hydrogen-bond donors (Lipinski definition) is 0. The van der Waals surface area contributed by atoms with Crippen LogP contribution >= 0.6 is 0 Å². The van der Waals surface area contributed by atoms with Crippen LogP contribution in [0.15, 0.2) is 206 Å². The first-order valence-corrected chi connectivity index (χ1v) is 32.3. The highest BCUT2D eigenvalue weighted by atomic mass is 15.2. The number of aryl methyl sites for hydroxylation is 6. The Kier molecular flexibility index (Phi) is 13.1. The number of aromatic nitrogens is 2. The van der Waals surface area contributed by atoms with E-state index in [9.17, 15) is 0 Å². The van der Waals surface area contributed by atoms with Crippen molar-refractivity contribution in [2.75, 3.05) is 9.80 Å². The second-order valence-electron chi connectivity index (χ2n) is 24.7. The van der Waals surface area contributed by atoms with E-state index in [0.29, 0.717) is 0 Å². The number of nitrogens with zero attached hydrogens (tertiary/aromatic N) is 4. The molecule has 0 fully saturated rings. The molecule has 2 aromatic heterocycles. The fourth-order valence-corrected chi connectivity index (χ4v) is 15.8. The lowest BCUT2D eigenvalue weighted by atomic mass is 9.85. The molecule has 16 rings (SSSR count).